The van der Waals surface area contributed by atoms with Gasteiger partial charge < -0.3 is 10.2 Å². The lowest BCUT2D eigenvalue weighted by molar-refractivity contribution is 0.601. The highest BCUT2D eigenvalue weighted by atomic mass is 79.9. The number of benzene rings is 1. The number of nitrogens with one attached hydrogen (secondary N) is 1. The van der Waals surface area contributed by atoms with Gasteiger partial charge >= 0.3 is 0 Å². The molecule has 0 atom stereocenters. The van der Waals surface area contributed by atoms with Crippen LogP contribution in [0.3, 0.4) is 0 Å². The van der Waals surface area contributed by atoms with Crippen LogP contribution < -0.4 is 10.2 Å². The molecule has 0 unspecified atom stereocenters. The molecule has 0 aliphatic carbocycles. The van der Waals surface area contributed by atoms with E-state index in [1.807, 2.05) is 37.2 Å². The van der Waals surface area contributed by atoms with E-state index >= 15 is 0 Å². The fraction of sp³-hybridized carbons (Fsp3) is 0.500. The first-order valence-electron chi connectivity index (χ1n) is 5.65. The van der Waals surface area contributed by atoms with E-state index in [-0.39, 0.29) is 5.75 Å². The van der Waals surface area contributed by atoms with Gasteiger partial charge in [-0.2, -0.15) is 0 Å². The Bertz CT molecular complexity index is 503. The van der Waals surface area contributed by atoms with Crippen molar-refractivity contribution >= 4 is 31.5 Å². The third-order valence-electron chi connectivity index (χ3n) is 2.62. The lowest BCUT2D eigenvalue weighted by Crippen LogP contribution is -2.26. The number of hydrogen-bond donors (Lipinski definition) is 1. The number of hydrogen-bond acceptors (Lipinski definition) is 4. The van der Waals surface area contributed by atoms with Gasteiger partial charge in [0.2, 0.25) is 0 Å². The predicted octanol–water partition coefficient (Wildman–Crippen LogP) is 1.65. The van der Waals surface area contributed by atoms with Crippen LogP contribution in [0.5, 0.6) is 0 Å². The van der Waals surface area contributed by atoms with Crippen LogP contribution in [-0.4, -0.2) is 41.1 Å². The van der Waals surface area contributed by atoms with Gasteiger partial charge in [-0.25, -0.2) is 8.42 Å². The second-order valence-electron chi connectivity index (χ2n) is 4.35. The molecule has 0 heterocycles. The fourth-order valence-corrected chi connectivity index (χ4v) is 2.70. The van der Waals surface area contributed by atoms with Crippen LogP contribution in [0.15, 0.2) is 22.7 Å². The van der Waals surface area contributed by atoms with Crippen molar-refractivity contribution in [2.24, 2.45) is 0 Å². The number of sulfone groups is 1. The summed E-state index contributed by atoms with van der Waals surface area (Å²) >= 11 is 3.44. The Morgan fingerprint density at radius 2 is 2.06 bits per heavy atom. The smallest absolute Gasteiger partial charge is 0.149 e. The third kappa shape index (κ3) is 4.96. The predicted molar refractivity (Wildman–Crippen MR) is 79.9 cm³/mol. The van der Waals surface area contributed by atoms with Crippen LogP contribution in [-0.2, 0) is 16.4 Å². The summed E-state index contributed by atoms with van der Waals surface area (Å²) in [6, 6.07) is 6.01. The lowest BCUT2D eigenvalue weighted by atomic mass is 10.1. The zero-order valence-corrected chi connectivity index (χ0v) is 13.3. The molecule has 4 nitrogen and oxygen atoms in total. The van der Waals surface area contributed by atoms with E-state index in [9.17, 15) is 8.42 Å². The monoisotopic (exact) mass is 334 g/mol. The average Bonchev–Trinajstić information content (AvgIpc) is 2.25. The molecule has 6 heteroatoms. The maximum Gasteiger partial charge on any atom is 0.149 e. The van der Waals surface area contributed by atoms with Crippen molar-refractivity contribution in [3.63, 3.8) is 0 Å². The fourth-order valence-electron chi connectivity index (χ4n) is 1.68. The van der Waals surface area contributed by atoms with E-state index in [0.717, 1.165) is 22.3 Å². The standard InChI is InChI=1S/C12H19BrN2O2S/c1-14-9-10-8-11(13)4-5-12(10)15(2)6-7-18(3,16)17/h4-5,8,14H,6-7,9H2,1-3H3. The summed E-state index contributed by atoms with van der Waals surface area (Å²) in [6.45, 7) is 1.25. The summed E-state index contributed by atoms with van der Waals surface area (Å²) in [4.78, 5) is 1.97. The Labute approximate surface area is 117 Å². The Balaban J connectivity index is 2.87. The Hall–Kier alpha value is -0.590. The molecule has 0 bridgehead atoms. The highest BCUT2D eigenvalue weighted by Crippen LogP contribution is 2.23. The first kappa shape index (κ1) is 15.5. The van der Waals surface area contributed by atoms with Crippen molar-refractivity contribution < 1.29 is 8.42 Å². The quantitative estimate of drug-likeness (QED) is 0.859. The van der Waals surface area contributed by atoms with Crippen LogP contribution >= 0.6 is 15.9 Å². The second kappa shape index (κ2) is 6.54. The van der Waals surface area contributed by atoms with Gasteiger partial charge in [0.25, 0.3) is 0 Å². The van der Waals surface area contributed by atoms with Crippen LogP contribution in [0.1, 0.15) is 5.56 Å². The SMILES string of the molecule is CNCc1cc(Br)ccc1N(C)CCS(C)(=O)=O. The Morgan fingerprint density at radius 1 is 1.39 bits per heavy atom. The van der Waals surface area contributed by atoms with Gasteiger partial charge in [0.1, 0.15) is 9.84 Å². The molecule has 18 heavy (non-hydrogen) atoms. The minimum atomic E-state index is -2.93. The van der Waals surface area contributed by atoms with E-state index in [4.69, 9.17) is 0 Å². The van der Waals surface area contributed by atoms with Crippen LogP contribution in [0.4, 0.5) is 5.69 Å². The van der Waals surface area contributed by atoms with Gasteiger partial charge in [-0.15, -0.1) is 0 Å². The highest BCUT2D eigenvalue weighted by Gasteiger charge is 2.10. The molecule has 0 spiro atoms. The van der Waals surface area contributed by atoms with E-state index < -0.39 is 9.84 Å². The van der Waals surface area contributed by atoms with Gasteiger partial charge in [0.15, 0.2) is 0 Å². The highest BCUT2D eigenvalue weighted by molar-refractivity contribution is 9.10. The number of rotatable bonds is 6. The summed E-state index contributed by atoms with van der Waals surface area (Å²) in [6.07, 6.45) is 1.26. The summed E-state index contributed by atoms with van der Waals surface area (Å²) in [7, 11) is 0.873. The molecule has 102 valence electrons. The summed E-state index contributed by atoms with van der Waals surface area (Å²) in [5.74, 6) is 0.165. The second-order valence-corrected chi connectivity index (χ2v) is 7.53. The maximum absolute atomic E-state index is 11.2. The minimum Gasteiger partial charge on any atom is -0.373 e. The molecular formula is C12H19BrN2O2S. The van der Waals surface area contributed by atoms with Gasteiger partial charge in [0.05, 0.1) is 5.75 Å². The first-order valence-corrected chi connectivity index (χ1v) is 8.50. The van der Waals surface area contributed by atoms with Crippen LogP contribution in [0.25, 0.3) is 0 Å². The normalized spacial score (nSPS) is 11.6. The van der Waals surface area contributed by atoms with E-state index in [1.54, 1.807) is 0 Å². The van der Waals surface area contributed by atoms with E-state index in [0.29, 0.717) is 6.54 Å². The van der Waals surface area contributed by atoms with Crippen molar-refractivity contribution in [2.45, 2.75) is 6.54 Å². The van der Waals surface area contributed by atoms with E-state index in [2.05, 4.69) is 21.2 Å². The zero-order valence-electron chi connectivity index (χ0n) is 10.9. The molecule has 1 aromatic rings. The minimum absolute atomic E-state index is 0.165. The molecule has 0 aliphatic rings. The Morgan fingerprint density at radius 3 is 2.61 bits per heavy atom. The van der Waals surface area contributed by atoms with Crippen molar-refractivity contribution in [3.8, 4) is 0 Å². The molecular weight excluding hydrogens is 316 g/mol. The van der Waals surface area contributed by atoms with Gasteiger partial charge in [-0.1, -0.05) is 15.9 Å². The third-order valence-corrected chi connectivity index (χ3v) is 4.03. The topological polar surface area (TPSA) is 49.4 Å². The molecule has 0 radical (unpaired) electrons. The maximum atomic E-state index is 11.2. The van der Waals surface area contributed by atoms with Crippen LogP contribution in [0, 0.1) is 0 Å². The molecule has 1 aromatic carbocycles. The molecule has 1 rings (SSSR count). The van der Waals surface area contributed by atoms with Gasteiger partial charge in [-0.3, -0.25) is 0 Å². The number of nitrogens with zero attached hydrogens (tertiary/aromatic N) is 1. The molecule has 0 aromatic heterocycles. The number of anilines is 1. The molecule has 0 aliphatic heterocycles. The molecule has 1 N–H and O–H groups in total. The Kier molecular flexibility index (Phi) is 5.62. The van der Waals surface area contributed by atoms with Crippen molar-refractivity contribution in [1.29, 1.82) is 0 Å². The van der Waals surface area contributed by atoms with Crippen molar-refractivity contribution in [1.82, 2.24) is 5.32 Å². The zero-order chi connectivity index (χ0) is 13.8. The average molecular weight is 335 g/mol. The summed E-state index contributed by atoms with van der Waals surface area (Å²) in [5, 5.41) is 3.11. The number of halogens is 1. The van der Waals surface area contributed by atoms with Crippen molar-refractivity contribution in [3.05, 3.63) is 28.2 Å². The largest absolute Gasteiger partial charge is 0.373 e. The van der Waals surface area contributed by atoms with E-state index in [1.165, 1.54) is 6.26 Å². The van der Waals surface area contributed by atoms with Gasteiger partial charge in [-0.05, 0) is 30.8 Å². The first-order chi connectivity index (χ1) is 8.33. The molecule has 0 saturated heterocycles. The van der Waals surface area contributed by atoms with Crippen LogP contribution in [0.2, 0.25) is 0 Å². The summed E-state index contributed by atoms with van der Waals surface area (Å²) < 4.78 is 23.4. The molecule has 0 saturated carbocycles. The lowest BCUT2D eigenvalue weighted by Gasteiger charge is -2.22. The van der Waals surface area contributed by atoms with Gasteiger partial charge in [0, 0.05) is 36.6 Å². The summed E-state index contributed by atoms with van der Waals surface area (Å²) in [5.41, 5.74) is 2.19. The molecule has 0 fully saturated rings. The van der Waals surface area contributed by atoms with Crippen molar-refractivity contribution in [2.75, 3.05) is 37.5 Å². The molecule has 0 amide bonds.